The third-order valence-corrected chi connectivity index (χ3v) is 3.98. The van der Waals surface area contributed by atoms with Gasteiger partial charge in [0.05, 0.1) is 0 Å². The standard InChI is InChI=1S/C16H14O2/c17-16(11-9-10-11)12-5-1-3-7-14(12)18-15-8-4-2-6-13(15)16/h1-8,11,17H,9-10H2. The van der Waals surface area contributed by atoms with Gasteiger partial charge in [-0.3, -0.25) is 0 Å². The van der Waals surface area contributed by atoms with Crippen molar-refractivity contribution in [3.63, 3.8) is 0 Å². The maximum absolute atomic E-state index is 11.2. The number of fused-ring (bicyclic) bond motifs is 2. The van der Waals surface area contributed by atoms with E-state index in [1.54, 1.807) is 0 Å². The molecular weight excluding hydrogens is 224 g/mol. The summed E-state index contributed by atoms with van der Waals surface area (Å²) >= 11 is 0. The Morgan fingerprint density at radius 2 is 1.39 bits per heavy atom. The van der Waals surface area contributed by atoms with E-state index in [1.807, 2.05) is 48.5 Å². The van der Waals surface area contributed by atoms with Crippen LogP contribution in [0.1, 0.15) is 24.0 Å². The monoisotopic (exact) mass is 238 g/mol. The van der Waals surface area contributed by atoms with Crippen molar-refractivity contribution in [3.8, 4) is 11.5 Å². The Morgan fingerprint density at radius 3 is 1.89 bits per heavy atom. The van der Waals surface area contributed by atoms with Crippen LogP contribution in [0.5, 0.6) is 11.5 Å². The summed E-state index contributed by atoms with van der Waals surface area (Å²) in [6, 6.07) is 15.6. The van der Waals surface area contributed by atoms with E-state index in [4.69, 9.17) is 4.74 Å². The highest BCUT2D eigenvalue weighted by molar-refractivity contribution is 5.56. The molecule has 2 aliphatic rings. The molecule has 2 heteroatoms. The molecule has 0 saturated heterocycles. The zero-order valence-corrected chi connectivity index (χ0v) is 9.97. The minimum atomic E-state index is -0.870. The molecule has 0 unspecified atom stereocenters. The molecule has 90 valence electrons. The Balaban J connectivity index is 2.01. The minimum absolute atomic E-state index is 0.323. The molecule has 4 rings (SSSR count). The molecule has 2 aromatic carbocycles. The van der Waals surface area contributed by atoms with Crippen molar-refractivity contribution < 1.29 is 9.84 Å². The summed E-state index contributed by atoms with van der Waals surface area (Å²) in [6.07, 6.45) is 2.17. The van der Waals surface area contributed by atoms with Crippen molar-refractivity contribution in [1.82, 2.24) is 0 Å². The molecule has 1 fully saturated rings. The molecule has 2 nitrogen and oxygen atoms in total. The first kappa shape index (κ1) is 10.2. The zero-order valence-electron chi connectivity index (χ0n) is 9.97. The molecule has 0 atom stereocenters. The highest BCUT2D eigenvalue weighted by Crippen LogP contribution is 2.56. The van der Waals surface area contributed by atoms with Crippen molar-refractivity contribution in [1.29, 1.82) is 0 Å². The van der Waals surface area contributed by atoms with Crippen LogP contribution in [-0.4, -0.2) is 5.11 Å². The van der Waals surface area contributed by atoms with Gasteiger partial charge in [0.15, 0.2) is 0 Å². The SMILES string of the molecule is OC1(C2CC2)c2ccccc2Oc2ccccc21. The summed E-state index contributed by atoms with van der Waals surface area (Å²) in [5.74, 6) is 1.89. The van der Waals surface area contributed by atoms with E-state index in [0.29, 0.717) is 5.92 Å². The number of aliphatic hydroxyl groups is 1. The number of para-hydroxylation sites is 2. The average molecular weight is 238 g/mol. The second-order valence-corrected chi connectivity index (χ2v) is 5.14. The van der Waals surface area contributed by atoms with Gasteiger partial charge >= 0.3 is 0 Å². The van der Waals surface area contributed by atoms with Crippen LogP contribution in [0.3, 0.4) is 0 Å². The predicted octanol–water partition coefficient (Wildman–Crippen LogP) is 3.44. The van der Waals surface area contributed by atoms with Gasteiger partial charge in [-0.1, -0.05) is 36.4 Å². The quantitative estimate of drug-likeness (QED) is 0.824. The van der Waals surface area contributed by atoms with Crippen molar-refractivity contribution in [2.24, 2.45) is 5.92 Å². The summed E-state index contributed by atoms with van der Waals surface area (Å²) in [5.41, 5.74) is 0.947. The maximum atomic E-state index is 11.2. The lowest BCUT2D eigenvalue weighted by atomic mass is 9.79. The van der Waals surface area contributed by atoms with Gasteiger partial charge in [0, 0.05) is 11.1 Å². The predicted molar refractivity (Wildman–Crippen MR) is 68.7 cm³/mol. The van der Waals surface area contributed by atoms with Crippen LogP contribution in [0.4, 0.5) is 0 Å². The molecule has 0 bridgehead atoms. The first-order valence-corrected chi connectivity index (χ1v) is 6.39. The van der Waals surface area contributed by atoms with Crippen LogP contribution in [0.25, 0.3) is 0 Å². The van der Waals surface area contributed by atoms with E-state index in [9.17, 15) is 5.11 Å². The number of ether oxygens (including phenoxy) is 1. The third kappa shape index (κ3) is 1.21. The summed E-state index contributed by atoms with van der Waals surface area (Å²) in [4.78, 5) is 0. The van der Waals surface area contributed by atoms with Crippen LogP contribution < -0.4 is 4.74 Å². The molecule has 0 radical (unpaired) electrons. The number of rotatable bonds is 1. The molecular formula is C16H14O2. The molecule has 0 aromatic heterocycles. The van der Waals surface area contributed by atoms with E-state index < -0.39 is 5.60 Å². The van der Waals surface area contributed by atoms with Gasteiger partial charge in [-0.2, -0.15) is 0 Å². The van der Waals surface area contributed by atoms with Crippen molar-refractivity contribution in [2.45, 2.75) is 18.4 Å². The van der Waals surface area contributed by atoms with Gasteiger partial charge in [0.2, 0.25) is 0 Å². The van der Waals surface area contributed by atoms with Gasteiger partial charge in [-0.15, -0.1) is 0 Å². The smallest absolute Gasteiger partial charge is 0.133 e. The van der Waals surface area contributed by atoms with E-state index in [0.717, 1.165) is 35.5 Å². The lowest BCUT2D eigenvalue weighted by Crippen LogP contribution is -2.33. The van der Waals surface area contributed by atoms with Crippen LogP contribution in [0.15, 0.2) is 48.5 Å². The van der Waals surface area contributed by atoms with E-state index >= 15 is 0 Å². The third-order valence-electron chi connectivity index (χ3n) is 3.98. The zero-order chi connectivity index (χ0) is 12.2. The van der Waals surface area contributed by atoms with Gasteiger partial charge in [0.1, 0.15) is 17.1 Å². The van der Waals surface area contributed by atoms with Gasteiger partial charge in [-0.25, -0.2) is 0 Å². The first-order chi connectivity index (χ1) is 8.80. The second-order valence-electron chi connectivity index (χ2n) is 5.14. The highest BCUT2D eigenvalue weighted by atomic mass is 16.5. The first-order valence-electron chi connectivity index (χ1n) is 6.39. The fourth-order valence-corrected chi connectivity index (χ4v) is 2.95. The van der Waals surface area contributed by atoms with Gasteiger partial charge in [-0.05, 0) is 30.9 Å². The molecule has 0 amide bonds. The fourth-order valence-electron chi connectivity index (χ4n) is 2.95. The fraction of sp³-hybridized carbons (Fsp3) is 0.250. The summed E-state index contributed by atoms with van der Waals surface area (Å²) in [5, 5.41) is 11.2. The van der Waals surface area contributed by atoms with E-state index in [1.165, 1.54) is 0 Å². The molecule has 2 aromatic rings. The largest absolute Gasteiger partial charge is 0.457 e. The maximum Gasteiger partial charge on any atom is 0.133 e. The highest BCUT2D eigenvalue weighted by Gasteiger charge is 2.50. The Morgan fingerprint density at radius 1 is 0.889 bits per heavy atom. The van der Waals surface area contributed by atoms with Crippen LogP contribution >= 0.6 is 0 Å². The topological polar surface area (TPSA) is 29.5 Å². The number of benzene rings is 2. The summed E-state index contributed by atoms with van der Waals surface area (Å²) in [6.45, 7) is 0. The Hall–Kier alpha value is -1.80. The summed E-state index contributed by atoms with van der Waals surface area (Å²) in [7, 11) is 0. The van der Waals surface area contributed by atoms with E-state index in [2.05, 4.69) is 0 Å². The molecule has 1 heterocycles. The molecule has 0 spiro atoms. The molecule has 1 saturated carbocycles. The molecule has 1 aliphatic heterocycles. The second kappa shape index (κ2) is 3.36. The van der Waals surface area contributed by atoms with Gasteiger partial charge < -0.3 is 9.84 Å². The van der Waals surface area contributed by atoms with E-state index in [-0.39, 0.29) is 0 Å². The van der Waals surface area contributed by atoms with Crippen LogP contribution in [0.2, 0.25) is 0 Å². The lowest BCUT2D eigenvalue weighted by molar-refractivity contribution is 0.0462. The summed E-state index contributed by atoms with van der Waals surface area (Å²) < 4.78 is 5.89. The number of hydrogen-bond acceptors (Lipinski definition) is 2. The molecule has 1 aliphatic carbocycles. The molecule has 1 N–H and O–H groups in total. The normalized spacial score (nSPS) is 19.6. The Kier molecular flexibility index (Phi) is 1.90. The van der Waals surface area contributed by atoms with Crippen molar-refractivity contribution in [2.75, 3.05) is 0 Å². The Labute approximate surface area is 106 Å². The number of hydrogen-bond donors (Lipinski definition) is 1. The van der Waals surface area contributed by atoms with Crippen molar-refractivity contribution in [3.05, 3.63) is 59.7 Å². The lowest BCUT2D eigenvalue weighted by Gasteiger charge is -2.36. The van der Waals surface area contributed by atoms with Crippen LogP contribution in [0, 0.1) is 5.92 Å². The minimum Gasteiger partial charge on any atom is -0.457 e. The Bertz CT molecular complexity index is 568. The van der Waals surface area contributed by atoms with Gasteiger partial charge in [0.25, 0.3) is 0 Å². The average Bonchev–Trinajstić information content (AvgIpc) is 3.24. The molecule has 18 heavy (non-hydrogen) atoms. The van der Waals surface area contributed by atoms with Crippen molar-refractivity contribution >= 4 is 0 Å². The van der Waals surface area contributed by atoms with Crippen LogP contribution in [-0.2, 0) is 5.60 Å².